The van der Waals surface area contributed by atoms with Crippen LogP contribution in [-0.4, -0.2) is 27.2 Å². The van der Waals surface area contributed by atoms with Gasteiger partial charge in [-0.1, -0.05) is 6.92 Å². The van der Waals surface area contributed by atoms with Crippen molar-refractivity contribution in [2.45, 2.75) is 45.6 Å². The zero-order valence-corrected chi connectivity index (χ0v) is 14.1. The Labute approximate surface area is 133 Å². The molecular weight excluding hydrogens is 306 g/mol. The van der Waals surface area contributed by atoms with E-state index < -0.39 is 5.54 Å². The molecule has 2 heterocycles. The van der Waals surface area contributed by atoms with Gasteiger partial charge in [-0.3, -0.25) is 0 Å². The third-order valence-electron chi connectivity index (χ3n) is 3.98. The molecule has 1 aliphatic carbocycles. The van der Waals surface area contributed by atoms with Gasteiger partial charge in [0.2, 0.25) is 5.28 Å². The van der Waals surface area contributed by atoms with Crippen LogP contribution in [-0.2, 0) is 12.8 Å². The molecule has 114 valence electrons. The molecule has 1 atom stereocenters. The molecule has 1 unspecified atom stereocenters. The fourth-order valence-electron chi connectivity index (χ4n) is 2.77. The first-order valence-corrected chi connectivity index (χ1v) is 8.46. The van der Waals surface area contributed by atoms with E-state index in [2.05, 4.69) is 22.2 Å². The lowest BCUT2D eigenvalue weighted by Crippen LogP contribution is -2.35. The average Bonchev–Trinajstić information content (AvgIpc) is 2.75. The molecule has 0 aromatic carbocycles. The van der Waals surface area contributed by atoms with Gasteiger partial charge in [0.1, 0.15) is 10.6 Å². The molecule has 0 radical (unpaired) electrons. The SMILES string of the molecule is CC1CCc2c(sc3nc(Cl)nc(NC(C)(C)CO)c23)C1. The quantitative estimate of drug-likeness (QED) is 0.846. The molecule has 4 nitrogen and oxygen atoms in total. The standard InChI is InChI=1S/C15H20ClN3OS/c1-8-4-5-9-10(6-8)21-13-11(9)12(17-14(16)18-13)19-15(2,3)7-20/h8,20H,4-7H2,1-3H3,(H,17,18,19). The number of hydrogen-bond donors (Lipinski definition) is 2. The number of nitrogens with one attached hydrogen (secondary N) is 1. The number of rotatable bonds is 3. The van der Waals surface area contributed by atoms with Gasteiger partial charge in [0.05, 0.1) is 17.5 Å². The van der Waals surface area contributed by atoms with E-state index in [1.807, 2.05) is 13.8 Å². The van der Waals surface area contributed by atoms with E-state index in [-0.39, 0.29) is 11.9 Å². The molecule has 3 rings (SSSR count). The topological polar surface area (TPSA) is 58.0 Å². The Morgan fingerprint density at radius 1 is 1.43 bits per heavy atom. The second kappa shape index (κ2) is 5.38. The summed E-state index contributed by atoms with van der Waals surface area (Å²) in [7, 11) is 0. The van der Waals surface area contributed by atoms with Crippen molar-refractivity contribution in [2.75, 3.05) is 11.9 Å². The molecule has 0 aliphatic heterocycles. The van der Waals surface area contributed by atoms with E-state index in [0.29, 0.717) is 0 Å². The lowest BCUT2D eigenvalue weighted by atomic mass is 9.89. The summed E-state index contributed by atoms with van der Waals surface area (Å²) in [5.74, 6) is 1.47. The minimum atomic E-state index is -0.443. The van der Waals surface area contributed by atoms with Gasteiger partial charge in [-0.05, 0) is 56.2 Å². The predicted octanol–water partition coefficient (Wildman–Crippen LogP) is 3.65. The summed E-state index contributed by atoms with van der Waals surface area (Å²) in [5.41, 5.74) is 0.919. The molecule has 2 aromatic rings. The van der Waals surface area contributed by atoms with Crippen LogP contribution in [0.3, 0.4) is 0 Å². The van der Waals surface area contributed by atoms with Crippen molar-refractivity contribution in [2.24, 2.45) is 5.92 Å². The number of aliphatic hydroxyl groups excluding tert-OH is 1. The summed E-state index contributed by atoms with van der Waals surface area (Å²) in [4.78, 5) is 11.1. The Hall–Kier alpha value is -0.910. The molecule has 0 fully saturated rings. The van der Waals surface area contributed by atoms with Crippen molar-refractivity contribution in [1.29, 1.82) is 0 Å². The number of aryl methyl sites for hydroxylation is 1. The van der Waals surface area contributed by atoms with E-state index in [0.717, 1.165) is 34.8 Å². The highest BCUT2D eigenvalue weighted by atomic mass is 35.5. The molecular formula is C15H20ClN3OS. The maximum atomic E-state index is 9.48. The van der Waals surface area contributed by atoms with Crippen molar-refractivity contribution in [3.63, 3.8) is 0 Å². The Kier molecular flexibility index (Phi) is 3.84. The van der Waals surface area contributed by atoms with Gasteiger partial charge in [0.25, 0.3) is 0 Å². The Morgan fingerprint density at radius 3 is 2.90 bits per heavy atom. The highest BCUT2D eigenvalue weighted by molar-refractivity contribution is 7.19. The van der Waals surface area contributed by atoms with Crippen LogP contribution in [0.5, 0.6) is 0 Å². The van der Waals surface area contributed by atoms with E-state index >= 15 is 0 Å². The predicted molar refractivity (Wildman–Crippen MR) is 88.4 cm³/mol. The van der Waals surface area contributed by atoms with E-state index in [4.69, 9.17) is 11.6 Å². The normalized spacial score (nSPS) is 18.8. The number of aromatic nitrogens is 2. The van der Waals surface area contributed by atoms with Crippen LogP contribution in [0.4, 0.5) is 5.82 Å². The Bertz CT molecular complexity index is 683. The van der Waals surface area contributed by atoms with E-state index in [1.165, 1.54) is 16.9 Å². The van der Waals surface area contributed by atoms with Gasteiger partial charge in [-0.25, -0.2) is 9.97 Å². The second-order valence-corrected chi connectivity index (χ2v) is 7.96. The first-order chi connectivity index (χ1) is 9.89. The molecule has 0 amide bonds. The monoisotopic (exact) mass is 325 g/mol. The zero-order chi connectivity index (χ0) is 15.2. The number of aliphatic hydroxyl groups is 1. The van der Waals surface area contributed by atoms with Crippen molar-refractivity contribution in [1.82, 2.24) is 9.97 Å². The maximum Gasteiger partial charge on any atom is 0.225 e. The minimum absolute atomic E-state index is 0.0273. The number of thiophene rings is 1. The van der Waals surface area contributed by atoms with Crippen LogP contribution in [0.25, 0.3) is 10.2 Å². The highest BCUT2D eigenvalue weighted by Crippen LogP contribution is 2.40. The van der Waals surface area contributed by atoms with Crippen LogP contribution >= 0.6 is 22.9 Å². The van der Waals surface area contributed by atoms with Crippen molar-refractivity contribution in [3.8, 4) is 0 Å². The van der Waals surface area contributed by atoms with E-state index in [9.17, 15) is 5.11 Å². The van der Waals surface area contributed by atoms with Gasteiger partial charge < -0.3 is 10.4 Å². The molecule has 0 spiro atoms. The van der Waals surface area contributed by atoms with Gasteiger partial charge in [0, 0.05) is 4.88 Å². The first kappa shape index (κ1) is 15.0. The molecule has 0 bridgehead atoms. The summed E-state index contributed by atoms with van der Waals surface area (Å²) in [5, 5.41) is 14.2. The molecule has 21 heavy (non-hydrogen) atoms. The lowest BCUT2D eigenvalue weighted by Gasteiger charge is -2.25. The summed E-state index contributed by atoms with van der Waals surface area (Å²) in [6, 6.07) is 0. The average molecular weight is 326 g/mol. The van der Waals surface area contributed by atoms with Gasteiger partial charge in [0.15, 0.2) is 0 Å². The van der Waals surface area contributed by atoms with Crippen molar-refractivity contribution >= 4 is 39.0 Å². The number of hydrogen-bond acceptors (Lipinski definition) is 5. The zero-order valence-electron chi connectivity index (χ0n) is 12.5. The summed E-state index contributed by atoms with van der Waals surface area (Å²) in [6.45, 7) is 6.20. The fourth-order valence-corrected chi connectivity index (χ4v) is 4.37. The van der Waals surface area contributed by atoms with Gasteiger partial charge in [-0.15, -0.1) is 11.3 Å². The molecule has 0 saturated heterocycles. The third kappa shape index (κ3) is 2.87. The summed E-state index contributed by atoms with van der Waals surface area (Å²) >= 11 is 7.80. The lowest BCUT2D eigenvalue weighted by molar-refractivity contribution is 0.234. The van der Waals surface area contributed by atoms with Crippen LogP contribution in [0.1, 0.15) is 37.6 Å². The summed E-state index contributed by atoms with van der Waals surface area (Å²) < 4.78 is 0. The first-order valence-electron chi connectivity index (χ1n) is 7.26. The van der Waals surface area contributed by atoms with Crippen LogP contribution in [0.15, 0.2) is 0 Å². The third-order valence-corrected chi connectivity index (χ3v) is 5.30. The highest BCUT2D eigenvalue weighted by Gasteiger charge is 2.26. The smallest absolute Gasteiger partial charge is 0.225 e. The Balaban J connectivity index is 2.15. The number of fused-ring (bicyclic) bond motifs is 3. The van der Waals surface area contributed by atoms with E-state index in [1.54, 1.807) is 11.3 Å². The van der Waals surface area contributed by atoms with Crippen LogP contribution in [0.2, 0.25) is 5.28 Å². The molecule has 6 heteroatoms. The minimum Gasteiger partial charge on any atom is -0.394 e. The van der Waals surface area contributed by atoms with Crippen molar-refractivity contribution < 1.29 is 5.11 Å². The number of anilines is 1. The van der Waals surface area contributed by atoms with Gasteiger partial charge >= 0.3 is 0 Å². The maximum absolute atomic E-state index is 9.48. The van der Waals surface area contributed by atoms with Gasteiger partial charge in [-0.2, -0.15) is 0 Å². The fraction of sp³-hybridized carbons (Fsp3) is 0.600. The molecule has 2 N–H and O–H groups in total. The number of halogens is 1. The van der Waals surface area contributed by atoms with Crippen LogP contribution < -0.4 is 5.32 Å². The largest absolute Gasteiger partial charge is 0.394 e. The Morgan fingerprint density at radius 2 is 2.19 bits per heavy atom. The summed E-state index contributed by atoms with van der Waals surface area (Å²) in [6.07, 6.45) is 3.37. The molecule has 2 aromatic heterocycles. The molecule has 1 aliphatic rings. The number of nitrogens with zero attached hydrogens (tertiary/aromatic N) is 2. The van der Waals surface area contributed by atoms with Crippen molar-refractivity contribution in [3.05, 3.63) is 15.7 Å². The second-order valence-electron chi connectivity index (χ2n) is 6.54. The molecule has 0 saturated carbocycles. The van der Waals surface area contributed by atoms with Crippen LogP contribution in [0, 0.1) is 5.92 Å².